The summed E-state index contributed by atoms with van der Waals surface area (Å²) in [7, 11) is 1.60. The van der Waals surface area contributed by atoms with Gasteiger partial charge < -0.3 is 19.5 Å². The summed E-state index contributed by atoms with van der Waals surface area (Å²) in [5, 5.41) is 14.2. The molecule has 7 nitrogen and oxygen atoms in total. The predicted molar refractivity (Wildman–Crippen MR) is 75.6 cm³/mol. The molecular formula is C14H23N3O4. The van der Waals surface area contributed by atoms with Crippen molar-refractivity contribution < 1.29 is 19.4 Å². The quantitative estimate of drug-likeness (QED) is 0.734. The summed E-state index contributed by atoms with van der Waals surface area (Å²) in [6, 6.07) is 1.87. The molecule has 1 aromatic rings. The lowest BCUT2D eigenvalue weighted by Crippen LogP contribution is -2.40. The van der Waals surface area contributed by atoms with E-state index in [-0.39, 0.29) is 12.5 Å². The largest absolute Gasteiger partial charge is 0.387 e. The van der Waals surface area contributed by atoms with Gasteiger partial charge in [-0.15, -0.1) is 0 Å². The molecule has 1 aliphatic heterocycles. The Morgan fingerprint density at radius 1 is 1.48 bits per heavy atom. The minimum absolute atomic E-state index is 0.0313. The van der Waals surface area contributed by atoms with E-state index < -0.39 is 6.10 Å². The fraction of sp³-hybridized carbons (Fsp3) is 0.714. The molecule has 0 bridgehead atoms. The van der Waals surface area contributed by atoms with Crippen LogP contribution in [-0.4, -0.2) is 59.2 Å². The van der Waals surface area contributed by atoms with Crippen LogP contribution in [0, 0.1) is 0 Å². The van der Waals surface area contributed by atoms with Crippen molar-refractivity contribution >= 4 is 5.91 Å². The van der Waals surface area contributed by atoms with Crippen LogP contribution in [0.25, 0.3) is 0 Å². The molecule has 118 valence electrons. The highest BCUT2D eigenvalue weighted by atomic mass is 16.5. The van der Waals surface area contributed by atoms with Gasteiger partial charge in [-0.2, -0.15) is 5.10 Å². The van der Waals surface area contributed by atoms with Crippen LogP contribution in [0.5, 0.6) is 0 Å². The van der Waals surface area contributed by atoms with Gasteiger partial charge in [-0.25, -0.2) is 0 Å². The molecule has 0 radical (unpaired) electrons. The van der Waals surface area contributed by atoms with Gasteiger partial charge in [-0.1, -0.05) is 6.92 Å². The van der Waals surface area contributed by atoms with Gasteiger partial charge in [0, 0.05) is 13.7 Å². The molecule has 0 saturated carbocycles. The van der Waals surface area contributed by atoms with E-state index in [4.69, 9.17) is 9.47 Å². The highest BCUT2D eigenvalue weighted by Gasteiger charge is 2.23. The summed E-state index contributed by atoms with van der Waals surface area (Å²) in [4.78, 5) is 13.8. The summed E-state index contributed by atoms with van der Waals surface area (Å²) in [6.07, 6.45) is 0.0940. The predicted octanol–water partition coefficient (Wildman–Crippen LogP) is 0.332. The minimum Gasteiger partial charge on any atom is -0.387 e. The Kier molecular flexibility index (Phi) is 5.72. The number of aromatic nitrogens is 2. The number of carbonyl (C=O) groups excluding carboxylic acids is 1. The summed E-state index contributed by atoms with van der Waals surface area (Å²) in [5.41, 5.74) is 1.63. The Labute approximate surface area is 124 Å². The van der Waals surface area contributed by atoms with Crippen molar-refractivity contribution in [3.05, 3.63) is 17.5 Å². The smallest absolute Gasteiger partial charge is 0.248 e. The molecule has 0 aromatic carbocycles. The number of ether oxygens (including phenoxy) is 2. The first kappa shape index (κ1) is 15.9. The van der Waals surface area contributed by atoms with E-state index in [1.165, 1.54) is 0 Å². The lowest BCUT2D eigenvalue weighted by atomic mass is 10.2. The molecule has 0 saturated heterocycles. The second kappa shape index (κ2) is 7.53. The summed E-state index contributed by atoms with van der Waals surface area (Å²) >= 11 is 0. The third-order valence-corrected chi connectivity index (χ3v) is 3.55. The molecule has 2 heterocycles. The SMILES string of the molecule is CCC(O)c1cc2n(n1)CCN(C(=O)COCCOC)C2. The first-order valence-corrected chi connectivity index (χ1v) is 7.24. The van der Waals surface area contributed by atoms with Crippen LogP contribution in [0.15, 0.2) is 6.07 Å². The van der Waals surface area contributed by atoms with Gasteiger partial charge in [0.1, 0.15) is 6.61 Å². The van der Waals surface area contributed by atoms with Crippen LogP contribution in [0.4, 0.5) is 0 Å². The Morgan fingerprint density at radius 2 is 2.29 bits per heavy atom. The Morgan fingerprint density at radius 3 is 3.00 bits per heavy atom. The van der Waals surface area contributed by atoms with Gasteiger partial charge in [0.2, 0.25) is 5.91 Å². The van der Waals surface area contributed by atoms with E-state index in [2.05, 4.69) is 5.10 Å². The highest BCUT2D eigenvalue weighted by molar-refractivity contribution is 5.77. The zero-order valence-electron chi connectivity index (χ0n) is 12.6. The molecule has 1 amide bonds. The molecule has 1 aliphatic rings. The lowest BCUT2D eigenvalue weighted by molar-refractivity contribution is -0.138. The maximum atomic E-state index is 12.0. The molecule has 1 aromatic heterocycles. The number of aliphatic hydroxyl groups excluding tert-OH is 1. The van der Waals surface area contributed by atoms with E-state index in [0.29, 0.717) is 45.0 Å². The van der Waals surface area contributed by atoms with Gasteiger partial charge in [-0.3, -0.25) is 9.48 Å². The van der Waals surface area contributed by atoms with Crippen molar-refractivity contribution in [3.63, 3.8) is 0 Å². The Hall–Kier alpha value is -1.44. The number of amides is 1. The van der Waals surface area contributed by atoms with Crippen LogP contribution in [0.1, 0.15) is 30.8 Å². The summed E-state index contributed by atoms with van der Waals surface area (Å²) < 4.78 is 12.0. The molecular weight excluding hydrogens is 274 g/mol. The average Bonchev–Trinajstić information content (AvgIpc) is 2.93. The average molecular weight is 297 g/mol. The highest BCUT2D eigenvalue weighted by Crippen LogP contribution is 2.20. The van der Waals surface area contributed by atoms with Crippen LogP contribution in [0.3, 0.4) is 0 Å². The van der Waals surface area contributed by atoms with Crippen molar-refractivity contribution in [1.29, 1.82) is 0 Å². The van der Waals surface area contributed by atoms with E-state index in [0.717, 1.165) is 5.69 Å². The molecule has 1 unspecified atom stereocenters. The summed E-state index contributed by atoms with van der Waals surface area (Å²) in [5.74, 6) is -0.0313. The van der Waals surface area contributed by atoms with E-state index in [9.17, 15) is 9.90 Å². The Balaban J connectivity index is 1.89. The van der Waals surface area contributed by atoms with Gasteiger partial charge in [-0.05, 0) is 12.5 Å². The number of fused-ring (bicyclic) bond motifs is 1. The van der Waals surface area contributed by atoms with E-state index >= 15 is 0 Å². The second-order valence-electron chi connectivity index (χ2n) is 5.07. The number of nitrogens with zero attached hydrogens (tertiary/aromatic N) is 3. The van der Waals surface area contributed by atoms with Crippen molar-refractivity contribution in [2.75, 3.05) is 33.5 Å². The standard InChI is InChI=1S/C14H23N3O4/c1-3-13(18)12-8-11-9-16(4-5-17(11)15-12)14(19)10-21-7-6-20-2/h8,13,18H,3-7,9-10H2,1-2H3. The maximum Gasteiger partial charge on any atom is 0.248 e. The topological polar surface area (TPSA) is 76.8 Å². The van der Waals surface area contributed by atoms with Crippen molar-refractivity contribution in [1.82, 2.24) is 14.7 Å². The third kappa shape index (κ3) is 4.03. The van der Waals surface area contributed by atoms with Gasteiger partial charge >= 0.3 is 0 Å². The van der Waals surface area contributed by atoms with E-state index in [1.807, 2.05) is 17.7 Å². The maximum absolute atomic E-state index is 12.0. The van der Waals surface area contributed by atoms with Gasteiger partial charge in [0.05, 0.1) is 43.8 Å². The molecule has 21 heavy (non-hydrogen) atoms. The fourth-order valence-corrected chi connectivity index (χ4v) is 2.27. The van der Waals surface area contributed by atoms with E-state index in [1.54, 1.807) is 12.0 Å². The zero-order chi connectivity index (χ0) is 15.2. The number of hydrogen-bond acceptors (Lipinski definition) is 5. The Bertz CT molecular complexity index is 475. The van der Waals surface area contributed by atoms with Gasteiger partial charge in [0.15, 0.2) is 0 Å². The molecule has 0 fully saturated rings. The number of methoxy groups -OCH3 is 1. The number of carbonyl (C=O) groups is 1. The lowest BCUT2D eigenvalue weighted by Gasteiger charge is -2.27. The van der Waals surface area contributed by atoms with Crippen molar-refractivity contribution in [2.24, 2.45) is 0 Å². The fourth-order valence-electron chi connectivity index (χ4n) is 2.27. The molecule has 7 heteroatoms. The van der Waals surface area contributed by atoms with Crippen LogP contribution in [-0.2, 0) is 27.4 Å². The first-order valence-electron chi connectivity index (χ1n) is 7.24. The van der Waals surface area contributed by atoms with Crippen molar-refractivity contribution in [3.8, 4) is 0 Å². The number of rotatable bonds is 7. The van der Waals surface area contributed by atoms with Crippen molar-refractivity contribution in [2.45, 2.75) is 32.5 Å². The third-order valence-electron chi connectivity index (χ3n) is 3.55. The first-order chi connectivity index (χ1) is 10.2. The van der Waals surface area contributed by atoms with Crippen LogP contribution < -0.4 is 0 Å². The number of hydrogen-bond donors (Lipinski definition) is 1. The molecule has 1 atom stereocenters. The van der Waals surface area contributed by atoms with Crippen LogP contribution >= 0.6 is 0 Å². The summed E-state index contributed by atoms with van der Waals surface area (Å²) in [6.45, 7) is 4.66. The molecule has 1 N–H and O–H groups in total. The van der Waals surface area contributed by atoms with Crippen LogP contribution in [0.2, 0.25) is 0 Å². The molecule has 0 aliphatic carbocycles. The molecule has 0 spiro atoms. The zero-order valence-corrected chi connectivity index (χ0v) is 12.6. The van der Waals surface area contributed by atoms with Gasteiger partial charge in [0.25, 0.3) is 0 Å². The monoisotopic (exact) mass is 297 g/mol. The number of aliphatic hydroxyl groups is 1. The molecule has 2 rings (SSSR count). The normalized spacial score (nSPS) is 15.9. The minimum atomic E-state index is -0.537. The second-order valence-corrected chi connectivity index (χ2v) is 5.07.